The standard InChI is InChI=1S/C10H15NO.C2H3ClO2/c1-8-5-4-6-9(2)10(8)11-7-12-3;3-1-2(4)5/h4-6,11H,7H2,1-3H3;1H2,(H,4,5). The average molecular weight is 260 g/mol. The summed E-state index contributed by atoms with van der Waals surface area (Å²) in [6.45, 7) is 4.74. The molecule has 0 aliphatic heterocycles. The molecule has 0 saturated heterocycles. The minimum atomic E-state index is -0.980. The minimum absolute atomic E-state index is 0.306. The van der Waals surface area contributed by atoms with Crippen LogP contribution in [0.2, 0.25) is 0 Å². The molecule has 1 aromatic carbocycles. The van der Waals surface area contributed by atoms with Crippen molar-refractivity contribution in [1.29, 1.82) is 0 Å². The fraction of sp³-hybridized carbons (Fsp3) is 0.417. The van der Waals surface area contributed by atoms with Gasteiger partial charge in [0.25, 0.3) is 0 Å². The second-order valence-corrected chi connectivity index (χ2v) is 3.67. The fourth-order valence-electron chi connectivity index (χ4n) is 1.24. The molecule has 0 fully saturated rings. The number of ether oxygens (including phenoxy) is 1. The summed E-state index contributed by atoms with van der Waals surface area (Å²) >= 11 is 4.74. The highest BCUT2D eigenvalue weighted by Crippen LogP contribution is 2.18. The molecule has 0 atom stereocenters. The van der Waals surface area contributed by atoms with Gasteiger partial charge in [-0.15, -0.1) is 11.6 Å². The summed E-state index contributed by atoms with van der Waals surface area (Å²) in [7, 11) is 1.68. The van der Waals surface area contributed by atoms with Gasteiger partial charge >= 0.3 is 5.97 Å². The number of hydrogen-bond donors (Lipinski definition) is 2. The van der Waals surface area contributed by atoms with Crippen molar-refractivity contribution in [3.05, 3.63) is 29.3 Å². The van der Waals surface area contributed by atoms with Crippen molar-refractivity contribution in [2.75, 3.05) is 25.0 Å². The Hall–Kier alpha value is -1.26. The molecule has 96 valence electrons. The number of para-hydroxylation sites is 1. The van der Waals surface area contributed by atoms with Crippen LogP contribution in [-0.2, 0) is 9.53 Å². The van der Waals surface area contributed by atoms with Gasteiger partial charge in [0.1, 0.15) is 12.6 Å². The average Bonchev–Trinajstić information content (AvgIpc) is 2.29. The van der Waals surface area contributed by atoms with Gasteiger partial charge in [0.2, 0.25) is 0 Å². The number of hydrogen-bond acceptors (Lipinski definition) is 3. The van der Waals surface area contributed by atoms with Crippen molar-refractivity contribution in [2.45, 2.75) is 13.8 Å². The van der Waals surface area contributed by atoms with Crippen LogP contribution in [-0.4, -0.2) is 30.8 Å². The van der Waals surface area contributed by atoms with Gasteiger partial charge in [-0.05, 0) is 25.0 Å². The maximum absolute atomic E-state index is 9.24. The van der Waals surface area contributed by atoms with E-state index >= 15 is 0 Å². The molecular weight excluding hydrogens is 242 g/mol. The molecule has 1 rings (SSSR count). The molecule has 0 radical (unpaired) electrons. The fourth-order valence-corrected chi connectivity index (χ4v) is 1.24. The second kappa shape index (κ2) is 8.84. The van der Waals surface area contributed by atoms with E-state index in [9.17, 15) is 4.79 Å². The van der Waals surface area contributed by atoms with Gasteiger partial charge in [-0.25, -0.2) is 0 Å². The van der Waals surface area contributed by atoms with E-state index in [0.29, 0.717) is 6.73 Å². The molecule has 4 nitrogen and oxygen atoms in total. The third-order valence-corrected chi connectivity index (χ3v) is 2.22. The van der Waals surface area contributed by atoms with Crippen molar-refractivity contribution >= 4 is 23.3 Å². The Kier molecular flexibility index (Phi) is 8.19. The van der Waals surface area contributed by atoms with Crippen LogP contribution in [0.15, 0.2) is 18.2 Å². The van der Waals surface area contributed by atoms with Gasteiger partial charge in [0.15, 0.2) is 0 Å². The zero-order valence-electron chi connectivity index (χ0n) is 10.3. The number of carboxylic acids is 1. The zero-order valence-corrected chi connectivity index (χ0v) is 11.0. The molecule has 0 bridgehead atoms. The number of nitrogens with one attached hydrogen (secondary N) is 1. The largest absolute Gasteiger partial charge is 0.480 e. The predicted molar refractivity (Wildman–Crippen MR) is 69.8 cm³/mol. The third-order valence-electron chi connectivity index (χ3n) is 1.99. The summed E-state index contributed by atoms with van der Waals surface area (Å²) in [5.41, 5.74) is 3.69. The molecule has 0 spiro atoms. The lowest BCUT2D eigenvalue weighted by Crippen LogP contribution is -2.05. The number of alkyl halides is 1. The summed E-state index contributed by atoms with van der Waals surface area (Å²) in [6, 6.07) is 6.23. The first kappa shape index (κ1) is 15.7. The molecule has 17 heavy (non-hydrogen) atoms. The Labute approximate surface area is 107 Å². The summed E-state index contributed by atoms with van der Waals surface area (Å²) in [5.74, 6) is -1.29. The summed E-state index contributed by atoms with van der Waals surface area (Å²) in [4.78, 5) is 9.24. The summed E-state index contributed by atoms with van der Waals surface area (Å²) in [6.07, 6.45) is 0. The number of methoxy groups -OCH3 is 1. The Balaban J connectivity index is 0.000000437. The monoisotopic (exact) mass is 259 g/mol. The normalized spacial score (nSPS) is 9.18. The number of aliphatic carboxylic acids is 1. The molecule has 0 saturated carbocycles. The lowest BCUT2D eigenvalue weighted by Gasteiger charge is -2.10. The van der Waals surface area contributed by atoms with Crippen LogP contribution >= 0.6 is 11.6 Å². The second-order valence-electron chi connectivity index (χ2n) is 3.40. The van der Waals surface area contributed by atoms with Crippen LogP contribution < -0.4 is 5.32 Å². The van der Waals surface area contributed by atoms with Gasteiger partial charge in [-0.2, -0.15) is 0 Å². The molecular formula is C12H18ClNO3. The van der Waals surface area contributed by atoms with E-state index in [1.165, 1.54) is 16.8 Å². The maximum Gasteiger partial charge on any atom is 0.318 e. The SMILES string of the molecule is COCNc1c(C)cccc1C.O=C(O)CCl. The highest BCUT2D eigenvalue weighted by atomic mass is 35.5. The van der Waals surface area contributed by atoms with Crippen molar-refractivity contribution in [2.24, 2.45) is 0 Å². The lowest BCUT2D eigenvalue weighted by atomic mass is 10.1. The highest BCUT2D eigenvalue weighted by Gasteiger charge is 1.98. The topological polar surface area (TPSA) is 58.6 Å². The number of aryl methyl sites for hydroxylation is 2. The quantitative estimate of drug-likeness (QED) is 0.645. The van der Waals surface area contributed by atoms with Crippen LogP contribution in [0.3, 0.4) is 0 Å². The minimum Gasteiger partial charge on any atom is -0.480 e. The van der Waals surface area contributed by atoms with Gasteiger partial charge in [-0.1, -0.05) is 18.2 Å². The molecule has 0 heterocycles. The lowest BCUT2D eigenvalue weighted by molar-refractivity contribution is -0.134. The van der Waals surface area contributed by atoms with Crippen LogP contribution in [0.25, 0.3) is 0 Å². The van der Waals surface area contributed by atoms with E-state index in [1.54, 1.807) is 7.11 Å². The van der Waals surface area contributed by atoms with E-state index in [1.807, 2.05) is 0 Å². The van der Waals surface area contributed by atoms with Gasteiger partial charge in [0, 0.05) is 12.8 Å². The van der Waals surface area contributed by atoms with Gasteiger partial charge in [-0.3, -0.25) is 4.79 Å². The first-order chi connectivity index (χ1) is 8.02. The Morgan fingerprint density at radius 3 is 2.24 bits per heavy atom. The number of rotatable bonds is 4. The van der Waals surface area contributed by atoms with Gasteiger partial charge < -0.3 is 15.2 Å². The Morgan fingerprint density at radius 1 is 1.41 bits per heavy atom. The van der Waals surface area contributed by atoms with E-state index in [2.05, 4.69) is 37.4 Å². The first-order valence-electron chi connectivity index (χ1n) is 5.09. The molecule has 0 amide bonds. The highest BCUT2D eigenvalue weighted by molar-refractivity contribution is 6.26. The van der Waals surface area contributed by atoms with E-state index in [0.717, 1.165) is 0 Å². The number of halogens is 1. The van der Waals surface area contributed by atoms with Crippen LogP contribution in [0.4, 0.5) is 5.69 Å². The predicted octanol–water partition coefficient (Wildman–Crippen LogP) is 2.63. The van der Waals surface area contributed by atoms with E-state index in [-0.39, 0.29) is 5.88 Å². The van der Waals surface area contributed by atoms with Crippen LogP contribution in [0.5, 0.6) is 0 Å². The first-order valence-corrected chi connectivity index (χ1v) is 5.63. The van der Waals surface area contributed by atoms with Gasteiger partial charge in [0.05, 0.1) is 0 Å². The Bertz CT molecular complexity index is 335. The smallest absolute Gasteiger partial charge is 0.318 e. The number of anilines is 1. The molecule has 2 N–H and O–H groups in total. The molecule has 0 aromatic heterocycles. The Morgan fingerprint density at radius 2 is 1.88 bits per heavy atom. The summed E-state index contributed by atoms with van der Waals surface area (Å²) in [5, 5.41) is 10.8. The van der Waals surface area contributed by atoms with Crippen molar-refractivity contribution in [3.8, 4) is 0 Å². The maximum atomic E-state index is 9.24. The van der Waals surface area contributed by atoms with Crippen molar-refractivity contribution in [1.82, 2.24) is 0 Å². The van der Waals surface area contributed by atoms with E-state index < -0.39 is 5.97 Å². The molecule has 0 aliphatic carbocycles. The zero-order chi connectivity index (χ0) is 13.3. The van der Waals surface area contributed by atoms with Crippen LogP contribution in [0.1, 0.15) is 11.1 Å². The number of carbonyl (C=O) groups is 1. The van der Waals surface area contributed by atoms with Crippen molar-refractivity contribution in [3.63, 3.8) is 0 Å². The number of benzene rings is 1. The number of carboxylic acid groups (broad SMARTS) is 1. The van der Waals surface area contributed by atoms with Crippen molar-refractivity contribution < 1.29 is 14.6 Å². The third kappa shape index (κ3) is 6.81. The molecule has 1 aromatic rings. The summed E-state index contributed by atoms with van der Waals surface area (Å²) < 4.78 is 4.94. The van der Waals surface area contributed by atoms with E-state index in [4.69, 9.17) is 21.4 Å². The molecule has 5 heteroatoms. The molecule has 0 unspecified atom stereocenters. The van der Waals surface area contributed by atoms with Crippen LogP contribution in [0, 0.1) is 13.8 Å². The molecule has 0 aliphatic rings.